The standard InChI is InChI=1S/C13H12ClN3O2/c1-8-15-6-5-10(16-8)13(18)17-11-7-9(14)3-4-12(11)19-2/h3-7H,1-2H3,(H,17,18). The van der Waals surface area contributed by atoms with Gasteiger partial charge in [-0.25, -0.2) is 9.97 Å². The van der Waals surface area contributed by atoms with Crippen molar-refractivity contribution in [2.24, 2.45) is 0 Å². The smallest absolute Gasteiger partial charge is 0.274 e. The maximum atomic E-state index is 12.0. The molecule has 0 aliphatic carbocycles. The summed E-state index contributed by atoms with van der Waals surface area (Å²) in [6.45, 7) is 1.72. The van der Waals surface area contributed by atoms with E-state index in [0.29, 0.717) is 22.3 Å². The molecule has 0 atom stereocenters. The zero-order chi connectivity index (χ0) is 13.8. The van der Waals surface area contributed by atoms with Gasteiger partial charge in [-0.15, -0.1) is 0 Å². The SMILES string of the molecule is COc1ccc(Cl)cc1NC(=O)c1ccnc(C)n1. The van der Waals surface area contributed by atoms with Gasteiger partial charge in [0.05, 0.1) is 12.8 Å². The molecule has 1 amide bonds. The van der Waals surface area contributed by atoms with Crippen LogP contribution in [0.15, 0.2) is 30.5 Å². The molecular formula is C13H12ClN3O2. The van der Waals surface area contributed by atoms with Gasteiger partial charge in [0.25, 0.3) is 5.91 Å². The third kappa shape index (κ3) is 3.20. The number of carbonyl (C=O) groups is 1. The number of carbonyl (C=O) groups excluding carboxylic acids is 1. The van der Waals surface area contributed by atoms with Gasteiger partial charge in [0.2, 0.25) is 0 Å². The minimum atomic E-state index is -0.342. The second kappa shape index (κ2) is 5.67. The van der Waals surface area contributed by atoms with Crippen molar-refractivity contribution in [3.8, 4) is 5.75 Å². The number of methoxy groups -OCH3 is 1. The Balaban J connectivity index is 2.26. The van der Waals surface area contributed by atoms with E-state index in [1.54, 1.807) is 31.2 Å². The lowest BCUT2D eigenvalue weighted by Gasteiger charge is -2.10. The van der Waals surface area contributed by atoms with Crippen LogP contribution >= 0.6 is 11.6 Å². The average Bonchev–Trinajstić information content (AvgIpc) is 2.39. The number of nitrogens with one attached hydrogen (secondary N) is 1. The number of hydrogen-bond donors (Lipinski definition) is 1. The van der Waals surface area contributed by atoms with Crippen molar-refractivity contribution in [1.82, 2.24) is 9.97 Å². The Morgan fingerprint density at radius 3 is 2.84 bits per heavy atom. The van der Waals surface area contributed by atoms with E-state index in [2.05, 4.69) is 15.3 Å². The quantitative estimate of drug-likeness (QED) is 0.937. The molecule has 98 valence electrons. The predicted octanol–water partition coefficient (Wildman–Crippen LogP) is 2.70. The molecule has 0 unspecified atom stereocenters. The summed E-state index contributed by atoms with van der Waals surface area (Å²) in [6, 6.07) is 6.53. The van der Waals surface area contributed by atoms with Gasteiger partial charge < -0.3 is 10.1 Å². The van der Waals surface area contributed by atoms with Crippen LogP contribution in [-0.2, 0) is 0 Å². The van der Waals surface area contributed by atoms with Crippen molar-refractivity contribution in [2.45, 2.75) is 6.92 Å². The monoisotopic (exact) mass is 277 g/mol. The van der Waals surface area contributed by atoms with Gasteiger partial charge in [0.15, 0.2) is 0 Å². The molecule has 0 spiro atoms. The summed E-state index contributed by atoms with van der Waals surface area (Å²) < 4.78 is 5.15. The van der Waals surface area contributed by atoms with Crippen LogP contribution in [0.3, 0.4) is 0 Å². The van der Waals surface area contributed by atoms with E-state index >= 15 is 0 Å². The molecule has 2 aromatic rings. The average molecular weight is 278 g/mol. The molecule has 0 saturated carbocycles. The van der Waals surface area contributed by atoms with Gasteiger partial charge in [0.1, 0.15) is 17.3 Å². The Hall–Kier alpha value is -2.14. The van der Waals surface area contributed by atoms with E-state index in [1.165, 1.54) is 13.3 Å². The highest BCUT2D eigenvalue weighted by atomic mass is 35.5. The Kier molecular flexibility index (Phi) is 3.97. The van der Waals surface area contributed by atoms with Crippen molar-refractivity contribution in [3.05, 3.63) is 47.0 Å². The summed E-state index contributed by atoms with van der Waals surface area (Å²) in [7, 11) is 1.52. The van der Waals surface area contributed by atoms with E-state index in [0.717, 1.165) is 0 Å². The second-order valence-electron chi connectivity index (χ2n) is 3.79. The fraction of sp³-hybridized carbons (Fsp3) is 0.154. The largest absolute Gasteiger partial charge is 0.495 e. The molecule has 1 N–H and O–H groups in total. The first-order valence-corrected chi connectivity index (χ1v) is 5.92. The topological polar surface area (TPSA) is 64.1 Å². The number of aryl methyl sites for hydroxylation is 1. The normalized spacial score (nSPS) is 10.1. The Bertz CT molecular complexity index is 617. The minimum Gasteiger partial charge on any atom is -0.495 e. The Morgan fingerprint density at radius 2 is 2.16 bits per heavy atom. The first-order chi connectivity index (χ1) is 9.10. The fourth-order valence-corrected chi connectivity index (χ4v) is 1.72. The highest BCUT2D eigenvalue weighted by Gasteiger charge is 2.11. The summed E-state index contributed by atoms with van der Waals surface area (Å²) in [5.41, 5.74) is 0.783. The molecule has 0 radical (unpaired) electrons. The number of ether oxygens (including phenoxy) is 1. The fourth-order valence-electron chi connectivity index (χ4n) is 1.55. The summed E-state index contributed by atoms with van der Waals surface area (Å²) in [6.07, 6.45) is 1.53. The van der Waals surface area contributed by atoms with Gasteiger partial charge >= 0.3 is 0 Å². The number of anilines is 1. The van der Waals surface area contributed by atoms with Crippen molar-refractivity contribution in [3.63, 3.8) is 0 Å². The number of benzene rings is 1. The lowest BCUT2D eigenvalue weighted by molar-refractivity contribution is 0.102. The molecule has 1 aromatic carbocycles. The van der Waals surface area contributed by atoms with Crippen molar-refractivity contribution in [1.29, 1.82) is 0 Å². The summed E-state index contributed by atoms with van der Waals surface area (Å²) >= 11 is 5.90. The number of nitrogens with zero attached hydrogens (tertiary/aromatic N) is 2. The molecule has 1 heterocycles. The van der Waals surface area contributed by atoms with Crippen LogP contribution in [0.2, 0.25) is 5.02 Å². The van der Waals surface area contributed by atoms with E-state index in [4.69, 9.17) is 16.3 Å². The molecule has 0 fully saturated rings. The van der Waals surface area contributed by atoms with E-state index < -0.39 is 0 Å². The molecule has 0 aliphatic rings. The van der Waals surface area contributed by atoms with Crippen LogP contribution in [-0.4, -0.2) is 23.0 Å². The van der Waals surface area contributed by atoms with Crippen LogP contribution in [0.4, 0.5) is 5.69 Å². The van der Waals surface area contributed by atoms with Crippen LogP contribution in [0.5, 0.6) is 5.75 Å². The molecule has 1 aromatic heterocycles. The first-order valence-electron chi connectivity index (χ1n) is 5.54. The lowest BCUT2D eigenvalue weighted by Crippen LogP contribution is -2.15. The minimum absolute atomic E-state index is 0.287. The van der Waals surface area contributed by atoms with Crippen molar-refractivity contribution in [2.75, 3.05) is 12.4 Å². The summed E-state index contributed by atoms with van der Waals surface area (Å²) in [5.74, 6) is 0.723. The molecule has 6 heteroatoms. The van der Waals surface area contributed by atoms with Crippen LogP contribution < -0.4 is 10.1 Å². The zero-order valence-corrected chi connectivity index (χ0v) is 11.2. The number of aromatic nitrogens is 2. The summed E-state index contributed by atoms with van der Waals surface area (Å²) in [4.78, 5) is 20.0. The Morgan fingerprint density at radius 1 is 1.37 bits per heavy atom. The third-order valence-electron chi connectivity index (χ3n) is 2.42. The Labute approximate surface area is 115 Å². The van der Waals surface area contributed by atoms with E-state index in [9.17, 15) is 4.79 Å². The number of halogens is 1. The highest BCUT2D eigenvalue weighted by Crippen LogP contribution is 2.27. The zero-order valence-electron chi connectivity index (χ0n) is 10.5. The second-order valence-corrected chi connectivity index (χ2v) is 4.22. The molecule has 2 rings (SSSR count). The van der Waals surface area contributed by atoms with E-state index in [1.807, 2.05) is 0 Å². The first kappa shape index (κ1) is 13.3. The maximum Gasteiger partial charge on any atom is 0.274 e. The maximum absolute atomic E-state index is 12.0. The van der Waals surface area contributed by atoms with Crippen molar-refractivity contribution < 1.29 is 9.53 Å². The molecule has 0 bridgehead atoms. The third-order valence-corrected chi connectivity index (χ3v) is 2.65. The van der Waals surface area contributed by atoms with Crippen LogP contribution in [0.1, 0.15) is 16.3 Å². The van der Waals surface area contributed by atoms with E-state index in [-0.39, 0.29) is 11.6 Å². The van der Waals surface area contributed by atoms with Gasteiger partial charge in [-0.05, 0) is 31.2 Å². The molecule has 19 heavy (non-hydrogen) atoms. The van der Waals surface area contributed by atoms with Gasteiger partial charge in [-0.3, -0.25) is 4.79 Å². The van der Waals surface area contributed by atoms with Crippen LogP contribution in [0.25, 0.3) is 0 Å². The lowest BCUT2D eigenvalue weighted by atomic mass is 10.2. The number of hydrogen-bond acceptors (Lipinski definition) is 4. The highest BCUT2D eigenvalue weighted by molar-refractivity contribution is 6.31. The van der Waals surface area contributed by atoms with Crippen LogP contribution in [0, 0.1) is 6.92 Å². The number of rotatable bonds is 3. The van der Waals surface area contributed by atoms with Gasteiger partial charge in [-0.1, -0.05) is 11.6 Å². The summed E-state index contributed by atoms with van der Waals surface area (Å²) in [5, 5.41) is 3.22. The van der Waals surface area contributed by atoms with Crippen molar-refractivity contribution >= 4 is 23.2 Å². The van der Waals surface area contributed by atoms with Gasteiger partial charge in [0, 0.05) is 11.2 Å². The molecule has 5 nitrogen and oxygen atoms in total. The molecular weight excluding hydrogens is 266 g/mol. The number of amides is 1. The van der Waals surface area contributed by atoms with Gasteiger partial charge in [-0.2, -0.15) is 0 Å². The predicted molar refractivity (Wildman–Crippen MR) is 72.7 cm³/mol. The molecule has 0 aliphatic heterocycles. The molecule has 0 saturated heterocycles.